The van der Waals surface area contributed by atoms with Crippen molar-refractivity contribution in [1.29, 1.82) is 0 Å². The van der Waals surface area contributed by atoms with Crippen LogP contribution in [0.4, 0.5) is 0 Å². The Morgan fingerprint density at radius 3 is 2.04 bits per heavy atom. The largest absolute Gasteiger partial charge is 0.497 e. The number of ether oxygens (including phenoxy) is 2. The van der Waals surface area contributed by atoms with Crippen LogP contribution < -0.4 is 20.1 Å². The Hall–Kier alpha value is -3.02. The zero-order valence-electron chi connectivity index (χ0n) is 16.2. The van der Waals surface area contributed by atoms with Gasteiger partial charge in [-0.05, 0) is 37.6 Å². The molecule has 0 radical (unpaired) electrons. The topological polar surface area (TPSA) is 76.7 Å². The van der Waals surface area contributed by atoms with Gasteiger partial charge < -0.3 is 20.1 Å². The fourth-order valence-corrected chi connectivity index (χ4v) is 2.50. The SMILES string of the molecule is COc1ccc(CNC(=O)C(C)(C)C(=O)NCc2ccccc2OC)cc1. The number of para-hydroxylation sites is 1. The second-order valence-electron chi connectivity index (χ2n) is 6.65. The third-order valence-corrected chi connectivity index (χ3v) is 4.38. The van der Waals surface area contributed by atoms with Crippen LogP contribution in [0.25, 0.3) is 0 Å². The molecule has 6 nitrogen and oxygen atoms in total. The van der Waals surface area contributed by atoms with E-state index in [0.29, 0.717) is 12.3 Å². The van der Waals surface area contributed by atoms with Gasteiger partial charge in [-0.1, -0.05) is 30.3 Å². The molecule has 2 rings (SSSR count). The van der Waals surface area contributed by atoms with E-state index in [0.717, 1.165) is 16.9 Å². The lowest BCUT2D eigenvalue weighted by Crippen LogP contribution is -2.47. The van der Waals surface area contributed by atoms with E-state index in [1.165, 1.54) is 0 Å². The molecule has 0 fully saturated rings. The summed E-state index contributed by atoms with van der Waals surface area (Å²) < 4.78 is 10.4. The van der Waals surface area contributed by atoms with Crippen LogP contribution in [-0.2, 0) is 22.7 Å². The molecule has 6 heteroatoms. The fraction of sp³-hybridized carbons (Fsp3) is 0.333. The lowest BCUT2D eigenvalue weighted by Gasteiger charge is -2.23. The summed E-state index contributed by atoms with van der Waals surface area (Å²) in [5.74, 6) is 0.761. The smallest absolute Gasteiger partial charge is 0.235 e. The summed E-state index contributed by atoms with van der Waals surface area (Å²) in [6.07, 6.45) is 0. The van der Waals surface area contributed by atoms with Crippen LogP contribution in [-0.4, -0.2) is 26.0 Å². The van der Waals surface area contributed by atoms with E-state index in [1.807, 2.05) is 48.5 Å². The molecule has 144 valence electrons. The molecule has 0 aliphatic rings. The normalized spacial score (nSPS) is 10.8. The average Bonchev–Trinajstić information content (AvgIpc) is 2.70. The molecule has 0 aromatic heterocycles. The average molecular weight is 370 g/mol. The predicted molar refractivity (Wildman–Crippen MR) is 103 cm³/mol. The number of hydrogen-bond acceptors (Lipinski definition) is 4. The number of amides is 2. The number of carbonyl (C=O) groups excluding carboxylic acids is 2. The second kappa shape index (κ2) is 9.07. The third-order valence-electron chi connectivity index (χ3n) is 4.38. The van der Waals surface area contributed by atoms with Gasteiger partial charge in [-0.25, -0.2) is 0 Å². The van der Waals surface area contributed by atoms with Crippen LogP contribution in [0.15, 0.2) is 48.5 Å². The summed E-state index contributed by atoms with van der Waals surface area (Å²) in [4.78, 5) is 25.1. The maximum absolute atomic E-state index is 12.5. The summed E-state index contributed by atoms with van der Waals surface area (Å²) in [5.41, 5.74) is 0.575. The minimum absolute atomic E-state index is 0.290. The highest BCUT2D eigenvalue weighted by Gasteiger charge is 2.35. The molecule has 0 spiro atoms. The molecular formula is C21H26N2O4. The van der Waals surface area contributed by atoms with Gasteiger partial charge in [-0.2, -0.15) is 0 Å². The second-order valence-corrected chi connectivity index (χ2v) is 6.65. The molecule has 0 unspecified atom stereocenters. The van der Waals surface area contributed by atoms with Gasteiger partial charge in [-0.15, -0.1) is 0 Å². The summed E-state index contributed by atoms with van der Waals surface area (Å²) in [6.45, 7) is 3.84. The third kappa shape index (κ3) is 5.23. The number of carbonyl (C=O) groups is 2. The van der Waals surface area contributed by atoms with E-state index in [1.54, 1.807) is 28.1 Å². The van der Waals surface area contributed by atoms with Gasteiger partial charge in [0, 0.05) is 18.7 Å². The molecule has 0 aliphatic heterocycles. The van der Waals surface area contributed by atoms with E-state index in [4.69, 9.17) is 9.47 Å². The van der Waals surface area contributed by atoms with Crippen LogP contribution in [0.2, 0.25) is 0 Å². The minimum Gasteiger partial charge on any atom is -0.497 e. The number of nitrogens with one attached hydrogen (secondary N) is 2. The van der Waals surface area contributed by atoms with Crippen molar-refractivity contribution in [2.45, 2.75) is 26.9 Å². The standard InChI is InChI=1S/C21H26N2O4/c1-21(2,19(24)22-13-15-9-11-17(26-3)12-10-15)20(25)23-14-16-7-5-6-8-18(16)27-4/h5-12H,13-14H2,1-4H3,(H,22,24)(H,23,25). The molecule has 0 heterocycles. The molecule has 0 bridgehead atoms. The van der Waals surface area contributed by atoms with Gasteiger partial charge in [0.05, 0.1) is 14.2 Å². The van der Waals surface area contributed by atoms with Crippen molar-refractivity contribution in [3.05, 3.63) is 59.7 Å². The summed E-state index contributed by atoms with van der Waals surface area (Å²) in [5, 5.41) is 5.62. The van der Waals surface area contributed by atoms with Gasteiger partial charge in [0.2, 0.25) is 11.8 Å². The van der Waals surface area contributed by atoms with Crippen molar-refractivity contribution in [3.63, 3.8) is 0 Å². The van der Waals surface area contributed by atoms with Crippen molar-refractivity contribution >= 4 is 11.8 Å². The van der Waals surface area contributed by atoms with Crippen LogP contribution in [0, 0.1) is 5.41 Å². The predicted octanol–water partition coefficient (Wildman–Crippen LogP) is 2.66. The molecule has 2 N–H and O–H groups in total. The van der Waals surface area contributed by atoms with Crippen molar-refractivity contribution in [3.8, 4) is 11.5 Å². The molecule has 0 atom stereocenters. The zero-order valence-corrected chi connectivity index (χ0v) is 16.2. The van der Waals surface area contributed by atoms with Gasteiger partial charge in [0.1, 0.15) is 16.9 Å². The number of benzene rings is 2. The maximum Gasteiger partial charge on any atom is 0.235 e. The van der Waals surface area contributed by atoms with Gasteiger partial charge in [0.15, 0.2) is 0 Å². The van der Waals surface area contributed by atoms with Crippen molar-refractivity contribution in [2.75, 3.05) is 14.2 Å². The molecule has 0 aliphatic carbocycles. The van der Waals surface area contributed by atoms with Crippen molar-refractivity contribution in [1.82, 2.24) is 10.6 Å². The molecular weight excluding hydrogens is 344 g/mol. The molecule has 2 amide bonds. The van der Waals surface area contributed by atoms with E-state index in [-0.39, 0.29) is 18.4 Å². The molecule has 27 heavy (non-hydrogen) atoms. The van der Waals surface area contributed by atoms with Gasteiger partial charge in [0.25, 0.3) is 0 Å². The van der Waals surface area contributed by atoms with E-state index in [9.17, 15) is 9.59 Å². The zero-order chi connectivity index (χ0) is 19.9. The Balaban J connectivity index is 1.92. The first-order valence-electron chi connectivity index (χ1n) is 8.70. The highest BCUT2D eigenvalue weighted by atomic mass is 16.5. The fourth-order valence-electron chi connectivity index (χ4n) is 2.50. The van der Waals surface area contributed by atoms with Gasteiger partial charge >= 0.3 is 0 Å². The van der Waals surface area contributed by atoms with E-state index < -0.39 is 5.41 Å². The Bertz CT molecular complexity index is 785. The van der Waals surface area contributed by atoms with E-state index >= 15 is 0 Å². The van der Waals surface area contributed by atoms with Crippen molar-refractivity contribution in [2.24, 2.45) is 5.41 Å². The highest BCUT2D eigenvalue weighted by molar-refractivity contribution is 6.04. The summed E-state index contributed by atoms with van der Waals surface area (Å²) >= 11 is 0. The number of hydrogen-bond donors (Lipinski definition) is 2. The monoisotopic (exact) mass is 370 g/mol. The van der Waals surface area contributed by atoms with Crippen LogP contribution in [0.5, 0.6) is 11.5 Å². The molecule has 0 saturated heterocycles. The van der Waals surface area contributed by atoms with Gasteiger partial charge in [-0.3, -0.25) is 9.59 Å². The molecule has 0 saturated carbocycles. The lowest BCUT2D eigenvalue weighted by atomic mass is 9.91. The van der Waals surface area contributed by atoms with Crippen LogP contribution in [0.3, 0.4) is 0 Å². The summed E-state index contributed by atoms with van der Waals surface area (Å²) in [6, 6.07) is 14.8. The Kier molecular flexibility index (Phi) is 6.82. The molecule has 2 aromatic rings. The van der Waals surface area contributed by atoms with Crippen molar-refractivity contribution < 1.29 is 19.1 Å². The first-order chi connectivity index (χ1) is 12.9. The quantitative estimate of drug-likeness (QED) is 0.701. The minimum atomic E-state index is -1.20. The maximum atomic E-state index is 12.5. The van der Waals surface area contributed by atoms with Crippen LogP contribution >= 0.6 is 0 Å². The number of rotatable bonds is 8. The first kappa shape index (κ1) is 20.3. The van der Waals surface area contributed by atoms with E-state index in [2.05, 4.69) is 10.6 Å². The van der Waals surface area contributed by atoms with Crippen LogP contribution in [0.1, 0.15) is 25.0 Å². The number of methoxy groups -OCH3 is 2. The molecule has 2 aromatic carbocycles. The lowest BCUT2D eigenvalue weighted by molar-refractivity contribution is -0.141. The summed E-state index contributed by atoms with van der Waals surface area (Å²) in [7, 11) is 3.18. The first-order valence-corrected chi connectivity index (χ1v) is 8.70. The Morgan fingerprint density at radius 2 is 1.44 bits per heavy atom. The highest BCUT2D eigenvalue weighted by Crippen LogP contribution is 2.20. The Labute approximate surface area is 159 Å². The Morgan fingerprint density at radius 1 is 0.852 bits per heavy atom.